The fourth-order valence-electron chi connectivity index (χ4n) is 2.56. The van der Waals surface area contributed by atoms with Crippen molar-refractivity contribution in [3.05, 3.63) is 5.82 Å². The highest BCUT2D eigenvalue weighted by molar-refractivity contribution is 4.95. The summed E-state index contributed by atoms with van der Waals surface area (Å²) in [6, 6.07) is 0.339. The van der Waals surface area contributed by atoms with Crippen LogP contribution in [-0.2, 0) is 11.3 Å². The van der Waals surface area contributed by atoms with E-state index >= 15 is 0 Å². The number of nitrogens with one attached hydrogen (secondary N) is 1. The van der Waals surface area contributed by atoms with Crippen LogP contribution in [0.3, 0.4) is 0 Å². The summed E-state index contributed by atoms with van der Waals surface area (Å²) in [5.74, 6) is 1.66. The first-order valence-electron chi connectivity index (χ1n) is 6.49. The van der Waals surface area contributed by atoms with E-state index in [0.717, 1.165) is 37.9 Å². The van der Waals surface area contributed by atoms with Crippen molar-refractivity contribution in [1.29, 1.82) is 0 Å². The van der Waals surface area contributed by atoms with Crippen molar-refractivity contribution in [2.24, 2.45) is 5.92 Å². The van der Waals surface area contributed by atoms with Crippen LogP contribution in [0.5, 0.6) is 0 Å². The van der Waals surface area contributed by atoms with E-state index in [0.29, 0.717) is 12.1 Å². The molecule has 2 unspecified atom stereocenters. The van der Waals surface area contributed by atoms with Gasteiger partial charge in [-0.05, 0) is 42.2 Å². The zero-order chi connectivity index (χ0) is 11.7. The van der Waals surface area contributed by atoms with Crippen LogP contribution in [0.4, 0.5) is 0 Å². The molecule has 0 aromatic carbocycles. The molecule has 1 saturated carbocycles. The lowest BCUT2D eigenvalue weighted by atomic mass is 10.1. The van der Waals surface area contributed by atoms with Crippen molar-refractivity contribution in [1.82, 2.24) is 25.5 Å². The molecular formula is C11H19N5O. The standard InChI is InChI=1S/C11H19N5O/c1-2-12-7-10-13-14-15-16(10)9-5-6-17-11(9)8-3-4-8/h8-9,11-12H,2-7H2,1H3. The highest BCUT2D eigenvalue weighted by Gasteiger charge is 2.42. The fraction of sp³-hybridized carbons (Fsp3) is 0.909. The second-order valence-corrected chi connectivity index (χ2v) is 4.85. The van der Waals surface area contributed by atoms with E-state index in [1.165, 1.54) is 12.8 Å². The van der Waals surface area contributed by atoms with Crippen molar-refractivity contribution >= 4 is 0 Å². The Balaban J connectivity index is 1.75. The molecule has 2 aliphatic rings. The zero-order valence-electron chi connectivity index (χ0n) is 10.2. The molecule has 94 valence electrons. The number of hydrogen-bond acceptors (Lipinski definition) is 5. The third kappa shape index (κ3) is 2.19. The Morgan fingerprint density at radius 2 is 2.29 bits per heavy atom. The molecular weight excluding hydrogens is 218 g/mol. The van der Waals surface area contributed by atoms with Gasteiger partial charge in [-0.25, -0.2) is 4.68 Å². The Hall–Kier alpha value is -1.01. The molecule has 3 rings (SSSR count). The first-order valence-corrected chi connectivity index (χ1v) is 6.49. The quantitative estimate of drug-likeness (QED) is 0.809. The van der Waals surface area contributed by atoms with Crippen molar-refractivity contribution in [3.8, 4) is 0 Å². The molecule has 0 spiro atoms. The van der Waals surface area contributed by atoms with Gasteiger partial charge in [-0.2, -0.15) is 0 Å². The van der Waals surface area contributed by atoms with Crippen LogP contribution in [0.2, 0.25) is 0 Å². The van der Waals surface area contributed by atoms with Crippen LogP contribution in [0, 0.1) is 5.92 Å². The Morgan fingerprint density at radius 1 is 1.41 bits per heavy atom. The lowest BCUT2D eigenvalue weighted by Gasteiger charge is -2.18. The summed E-state index contributed by atoms with van der Waals surface area (Å²) in [5, 5.41) is 15.3. The summed E-state index contributed by atoms with van der Waals surface area (Å²) >= 11 is 0. The van der Waals surface area contributed by atoms with Gasteiger partial charge in [0.25, 0.3) is 0 Å². The number of rotatable bonds is 5. The maximum atomic E-state index is 5.84. The number of ether oxygens (including phenoxy) is 1. The summed E-state index contributed by atoms with van der Waals surface area (Å²) < 4.78 is 7.81. The molecule has 17 heavy (non-hydrogen) atoms. The van der Waals surface area contributed by atoms with Gasteiger partial charge in [-0.1, -0.05) is 6.92 Å². The molecule has 1 aliphatic heterocycles. The molecule has 1 aromatic heterocycles. The van der Waals surface area contributed by atoms with E-state index in [4.69, 9.17) is 4.74 Å². The number of tetrazole rings is 1. The number of aromatic nitrogens is 4. The predicted octanol–water partition coefficient (Wildman–Crippen LogP) is 0.523. The lowest BCUT2D eigenvalue weighted by molar-refractivity contribution is 0.0714. The molecule has 1 aromatic rings. The minimum atomic E-state index is 0.332. The molecule has 2 atom stereocenters. The molecule has 1 aliphatic carbocycles. The molecule has 0 radical (unpaired) electrons. The van der Waals surface area contributed by atoms with E-state index < -0.39 is 0 Å². The maximum absolute atomic E-state index is 5.84. The molecule has 6 nitrogen and oxygen atoms in total. The molecule has 0 bridgehead atoms. The SMILES string of the molecule is CCNCc1nnnn1C1CCOC1C1CC1. The first kappa shape index (κ1) is 11.1. The van der Waals surface area contributed by atoms with E-state index in [1.807, 2.05) is 4.68 Å². The molecule has 1 N–H and O–H groups in total. The second-order valence-electron chi connectivity index (χ2n) is 4.85. The van der Waals surface area contributed by atoms with Gasteiger partial charge in [0.2, 0.25) is 0 Å². The van der Waals surface area contributed by atoms with E-state index in [9.17, 15) is 0 Å². The lowest BCUT2D eigenvalue weighted by Crippen LogP contribution is -2.26. The topological polar surface area (TPSA) is 64.9 Å². The Bertz CT molecular complexity index is 376. The monoisotopic (exact) mass is 237 g/mol. The highest BCUT2D eigenvalue weighted by Crippen LogP contribution is 2.43. The van der Waals surface area contributed by atoms with Crippen LogP contribution in [-0.4, -0.2) is 39.5 Å². The smallest absolute Gasteiger partial charge is 0.165 e. The summed E-state index contributed by atoms with van der Waals surface area (Å²) in [4.78, 5) is 0. The van der Waals surface area contributed by atoms with Gasteiger partial charge < -0.3 is 10.1 Å². The largest absolute Gasteiger partial charge is 0.376 e. The van der Waals surface area contributed by atoms with Gasteiger partial charge in [-0.3, -0.25) is 0 Å². The van der Waals surface area contributed by atoms with Crippen LogP contribution in [0.1, 0.15) is 38.1 Å². The zero-order valence-corrected chi connectivity index (χ0v) is 10.2. The third-order valence-corrected chi connectivity index (χ3v) is 3.60. The first-order chi connectivity index (χ1) is 8.40. The van der Waals surface area contributed by atoms with Crippen molar-refractivity contribution in [2.75, 3.05) is 13.2 Å². The van der Waals surface area contributed by atoms with E-state index in [-0.39, 0.29) is 0 Å². The summed E-state index contributed by atoms with van der Waals surface area (Å²) in [5.41, 5.74) is 0. The molecule has 2 heterocycles. The van der Waals surface area contributed by atoms with Crippen LogP contribution >= 0.6 is 0 Å². The summed E-state index contributed by atoms with van der Waals surface area (Å²) in [6.07, 6.45) is 3.96. The van der Waals surface area contributed by atoms with E-state index in [2.05, 4.69) is 27.8 Å². The van der Waals surface area contributed by atoms with Crippen LogP contribution in [0.25, 0.3) is 0 Å². The summed E-state index contributed by atoms with van der Waals surface area (Å²) in [6.45, 7) is 4.59. The van der Waals surface area contributed by atoms with Gasteiger partial charge in [0.15, 0.2) is 5.82 Å². The van der Waals surface area contributed by atoms with Crippen LogP contribution in [0.15, 0.2) is 0 Å². The normalized spacial score (nSPS) is 28.8. The summed E-state index contributed by atoms with van der Waals surface area (Å²) in [7, 11) is 0. The van der Waals surface area contributed by atoms with Gasteiger partial charge in [0.1, 0.15) is 0 Å². The van der Waals surface area contributed by atoms with Gasteiger partial charge in [-0.15, -0.1) is 5.10 Å². The average Bonchev–Trinajstić information content (AvgIpc) is 2.91. The molecule has 2 fully saturated rings. The molecule has 6 heteroatoms. The average molecular weight is 237 g/mol. The minimum Gasteiger partial charge on any atom is -0.376 e. The number of hydrogen-bond donors (Lipinski definition) is 1. The van der Waals surface area contributed by atoms with E-state index in [1.54, 1.807) is 0 Å². The molecule has 0 amide bonds. The highest BCUT2D eigenvalue weighted by atomic mass is 16.5. The van der Waals surface area contributed by atoms with Crippen LogP contribution < -0.4 is 5.32 Å². The Labute approximate surface area is 101 Å². The maximum Gasteiger partial charge on any atom is 0.165 e. The minimum absolute atomic E-state index is 0.332. The van der Waals surface area contributed by atoms with Crippen molar-refractivity contribution < 1.29 is 4.74 Å². The number of nitrogens with zero attached hydrogens (tertiary/aromatic N) is 4. The molecule has 1 saturated heterocycles. The predicted molar refractivity (Wildman–Crippen MR) is 61.3 cm³/mol. The second kappa shape index (κ2) is 4.70. The Morgan fingerprint density at radius 3 is 3.06 bits per heavy atom. The Kier molecular flexibility index (Phi) is 3.07. The fourth-order valence-corrected chi connectivity index (χ4v) is 2.56. The van der Waals surface area contributed by atoms with Gasteiger partial charge in [0, 0.05) is 6.61 Å². The van der Waals surface area contributed by atoms with Gasteiger partial charge >= 0.3 is 0 Å². The van der Waals surface area contributed by atoms with Crippen molar-refractivity contribution in [2.45, 2.75) is 44.9 Å². The van der Waals surface area contributed by atoms with Gasteiger partial charge in [0.05, 0.1) is 18.7 Å². The third-order valence-electron chi connectivity index (χ3n) is 3.60. The van der Waals surface area contributed by atoms with Crippen molar-refractivity contribution in [3.63, 3.8) is 0 Å².